The van der Waals surface area contributed by atoms with E-state index in [4.69, 9.17) is 14.2 Å². The molecule has 6 nitrogen and oxygen atoms in total. The Labute approximate surface area is 215 Å². The normalized spacial score (nSPS) is 15.4. The van der Waals surface area contributed by atoms with E-state index in [-0.39, 0.29) is 18.3 Å². The maximum absolute atomic E-state index is 13.4. The number of benzene rings is 3. The van der Waals surface area contributed by atoms with Crippen LogP contribution >= 0.6 is 27.7 Å². The number of nitrogens with one attached hydrogen (secondary N) is 1. The molecule has 1 fully saturated rings. The van der Waals surface area contributed by atoms with Crippen LogP contribution in [0.25, 0.3) is 6.08 Å². The lowest BCUT2D eigenvalue weighted by atomic mass is 10.2. The smallest absolute Gasteiger partial charge is 0.264 e. The highest BCUT2D eigenvalue weighted by Crippen LogP contribution is 2.39. The molecule has 4 rings (SSSR count). The van der Waals surface area contributed by atoms with E-state index >= 15 is 0 Å². The highest BCUT2D eigenvalue weighted by Gasteiger charge is 2.24. The first kappa shape index (κ1) is 24.8. The van der Waals surface area contributed by atoms with Gasteiger partial charge in [0.05, 0.1) is 28.8 Å². The molecule has 0 aliphatic carbocycles. The van der Waals surface area contributed by atoms with E-state index in [1.807, 2.05) is 37.3 Å². The van der Waals surface area contributed by atoms with Crippen LogP contribution in [0.4, 0.5) is 10.1 Å². The monoisotopic (exact) mass is 556 g/mol. The minimum Gasteiger partial charge on any atom is -0.494 e. The molecular formula is C26H22BrFN2O4S. The number of hydrogen-bond donors (Lipinski definition) is 1. The summed E-state index contributed by atoms with van der Waals surface area (Å²) >= 11 is 4.77. The number of thioether (sulfide) groups is 1. The number of methoxy groups -OCH3 is 1. The lowest BCUT2D eigenvalue weighted by Gasteiger charge is -2.14. The first-order chi connectivity index (χ1) is 16.9. The summed E-state index contributed by atoms with van der Waals surface area (Å²) in [4.78, 5) is 17.5. The number of rotatable bonds is 8. The van der Waals surface area contributed by atoms with Crippen molar-refractivity contribution in [2.45, 2.75) is 13.5 Å². The van der Waals surface area contributed by atoms with Crippen molar-refractivity contribution >= 4 is 50.5 Å². The van der Waals surface area contributed by atoms with E-state index in [0.717, 1.165) is 11.3 Å². The van der Waals surface area contributed by atoms with Gasteiger partial charge in [-0.2, -0.15) is 0 Å². The average Bonchev–Trinajstić information content (AvgIpc) is 3.17. The molecule has 1 aliphatic rings. The van der Waals surface area contributed by atoms with Gasteiger partial charge in [0.15, 0.2) is 16.7 Å². The van der Waals surface area contributed by atoms with E-state index in [2.05, 4.69) is 26.2 Å². The molecule has 3 aromatic carbocycles. The number of aliphatic imine (C=N–C) groups is 1. The molecule has 9 heteroatoms. The van der Waals surface area contributed by atoms with E-state index in [0.29, 0.717) is 43.9 Å². The maximum atomic E-state index is 13.4. The molecule has 0 radical (unpaired) electrons. The van der Waals surface area contributed by atoms with Crippen molar-refractivity contribution in [1.29, 1.82) is 0 Å². The second-order valence-corrected chi connectivity index (χ2v) is 9.25. The van der Waals surface area contributed by atoms with Crippen molar-refractivity contribution in [3.63, 3.8) is 0 Å². The Hall–Kier alpha value is -3.30. The zero-order chi connectivity index (χ0) is 24.8. The summed E-state index contributed by atoms with van der Waals surface area (Å²) in [6.45, 7) is 2.69. The summed E-state index contributed by atoms with van der Waals surface area (Å²) in [7, 11) is 1.53. The van der Waals surface area contributed by atoms with Gasteiger partial charge in [-0.15, -0.1) is 0 Å². The van der Waals surface area contributed by atoms with Gasteiger partial charge in [-0.05, 0) is 100 Å². The quantitative estimate of drug-likeness (QED) is 0.322. The van der Waals surface area contributed by atoms with Crippen LogP contribution in [0.1, 0.15) is 18.1 Å². The zero-order valence-electron chi connectivity index (χ0n) is 19.0. The number of nitrogens with zero attached hydrogens (tertiary/aromatic N) is 1. The molecule has 1 saturated heterocycles. The Balaban J connectivity index is 1.50. The van der Waals surface area contributed by atoms with Crippen molar-refractivity contribution < 1.29 is 23.4 Å². The molecule has 1 aliphatic heterocycles. The minimum absolute atomic E-state index is 0.177. The summed E-state index contributed by atoms with van der Waals surface area (Å²) in [6, 6.07) is 17.1. The number of carbonyl (C=O) groups excluding carboxylic acids is 1. The molecule has 0 saturated carbocycles. The van der Waals surface area contributed by atoms with Gasteiger partial charge in [0.25, 0.3) is 5.91 Å². The molecule has 35 heavy (non-hydrogen) atoms. The lowest BCUT2D eigenvalue weighted by Crippen LogP contribution is -2.19. The number of carbonyl (C=O) groups is 1. The van der Waals surface area contributed by atoms with E-state index in [1.165, 1.54) is 31.0 Å². The van der Waals surface area contributed by atoms with Gasteiger partial charge >= 0.3 is 0 Å². The molecule has 0 atom stereocenters. The first-order valence-electron chi connectivity index (χ1n) is 10.7. The number of hydrogen-bond acceptors (Lipinski definition) is 6. The van der Waals surface area contributed by atoms with Crippen molar-refractivity contribution in [3.8, 4) is 17.2 Å². The van der Waals surface area contributed by atoms with Gasteiger partial charge in [-0.1, -0.05) is 12.1 Å². The fourth-order valence-corrected chi connectivity index (χ4v) is 4.69. The van der Waals surface area contributed by atoms with Crippen LogP contribution in [0, 0.1) is 5.82 Å². The lowest BCUT2D eigenvalue weighted by molar-refractivity contribution is -0.115. The van der Waals surface area contributed by atoms with Crippen molar-refractivity contribution in [1.82, 2.24) is 5.32 Å². The van der Waals surface area contributed by atoms with Gasteiger partial charge in [-0.25, -0.2) is 9.38 Å². The number of halogens is 2. The highest BCUT2D eigenvalue weighted by atomic mass is 79.9. The van der Waals surface area contributed by atoms with Crippen LogP contribution in [0.5, 0.6) is 17.2 Å². The molecule has 0 aromatic heterocycles. The van der Waals surface area contributed by atoms with Gasteiger partial charge in [0, 0.05) is 0 Å². The summed E-state index contributed by atoms with van der Waals surface area (Å²) in [5, 5.41) is 3.28. The predicted octanol–water partition coefficient (Wildman–Crippen LogP) is 6.47. The van der Waals surface area contributed by atoms with Crippen LogP contribution in [0.15, 0.2) is 75.0 Å². The number of ether oxygens (including phenoxy) is 3. The second-order valence-electron chi connectivity index (χ2n) is 7.36. The average molecular weight is 557 g/mol. The number of amides is 1. The molecular weight excluding hydrogens is 535 g/mol. The molecule has 0 bridgehead atoms. The predicted molar refractivity (Wildman–Crippen MR) is 140 cm³/mol. The largest absolute Gasteiger partial charge is 0.494 e. The summed E-state index contributed by atoms with van der Waals surface area (Å²) in [5.74, 6) is 1.18. The summed E-state index contributed by atoms with van der Waals surface area (Å²) in [6.07, 6.45) is 1.75. The van der Waals surface area contributed by atoms with Crippen LogP contribution in [-0.2, 0) is 11.4 Å². The molecule has 3 aromatic rings. The molecule has 0 unspecified atom stereocenters. The Morgan fingerprint density at radius 1 is 1.11 bits per heavy atom. The standard InChI is InChI=1S/C26H22BrFN2O4S/c1-3-33-20-9-7-19(8-10-20)29-26-30-25(31)23(35-26)14-17-12-21(27)24(22(13-17)32-2)34-15-16-5-4-6-18(28)11-16/h4-14H,3,15H2,1-2H3,(H,29,30,31)/b23-14+. The van der Waals surface area contributed by atoms with Crippen molar-refractivity contribution in [2.24, 2.45) is 4.99 Å². The summed E-state index contributed by atoms with van der Waals surface area (Å²) < 4.78 is 30.9. The van der Waals surface area contributed by atoms with E-state index in [9.17, 15) is 9.18 Å². The third-order valence-corrected chi connectivity index (χ3v) is 6.35. The molecule has 0 spiro atoms. The summed E-state index contributed by atoms with van der Waals surface area (Å²) in [5.41, 5.74) is 2.15. The van der Waals surface area contributed by atoms with Crippen LogP contribution in [-0.4, -0.2) is 24.8 Å². The Bertz CT molecular complexity index is 1300. The third kappa shape index (κ3) is 6.43. The molecule has 1 heterocycles. The zero-order valence-corrected chi connectivity index (χ0v) is 21.4. The van der Waals surface area contributed by atoms with Gasteiger partial charge in [0.1, 0.15) is 18.2 Å². The molecule has 180 valence electrons. The minimum atomic E-state index is -0.322. The Kier molecular flexibility index (Phi) is 8.09. The van der Waals surface area contributed by atoms with Crippen LogP contribution in [0.3, 0.4) is 0 Å². The number of amidine groups is 1. The van der Waals surface area contributed by atoms with Gasteiger partial charge in [-0.3, -0.25) is 4.79 Å². The van der Waals surface area contributed by atoms with E-state index in [1.54, 1.807) is 24.3 Å². The van der Waals surface area contributed by atoms with Crippen LogP contribution < -0.4 is 19.5 Å². The third-order valence-electron chi connectivity index (χ3n) is 4.85. The van der Waals surface area contributed by atoms with Crippen LogP contribution in [0.2, 0.25) is 0 Å². The highest BCUT2D eigenvalue weighted by molar-refractivity contribution is 9.10. The second kappa shape index (κ2) is 11.4. The maximum Gasteiger partial charge on any atom is 0.264 e. The van der Waals surface area contributed by atoms with Gasteiger partial charge in [0.2, 0.25) is 0 Å². The topological polar surface area (TPSA) is 69.2 Å². The van der Waals surface area contributed by atoms with Crippen molar-refractivity contribution in [2.75, 3.05) is 13.7 Å². The van der Waals surface area contributed by atoms with Gasteiger partial charge < -0.3 is 19.5 Å². The SMILES string of the molecule is CCOc1ccc(N=C2NC(=O)/C(=C\c3cc(Br)c(OCc4cccc(F)c4)c(OC)c3)S2)cc1. The Morgan fingerprint density at radius 3 is 2.63 bits per heavy atom. The Morgan fingerprint density at radius 2 is 1.91 bits per heavy atom. The first-order valence-corrected chi connectivity index (χ1v) is 12.3. The fourth-order valence-electron chi connectivity index (χ4n) is 3.28. The van der Waals surface area contributed by atoms with E-state index < -0.39 is 0 Å². The fraction of sp³-hybridized carbons (Fsp3) is 0.154. The van der Waals surface area contributed by atoms with Crippen molar-refractivity contribution in [3.05, 3.63) is 87.0 Å². The molecule has 1 amide bonds. The molecule has 1 N–H and O–H groups in total.